The van der Waals surface area contributed by atoms with Crippen molar-refractivity contribution >= 4 is 0 Å². The first-order chi connectivity index (χ1) is 27.3. The van der Waals surface area contributed by atoms with Gasteiger partial charge in [0.2, 0.25) is 0 Å². The highest BCUT2D eigenvalue weighted by Gasteiger charge is 2.22. The number of aromatic hydroxyl groups is 1. The van der Waals surface area contributed by atoms with Crippen LogP contribution >= 0.6 is 0 Å². The number of rotatable bonds is 13. The number of hydrogen-bond donors (Lipinski definition) is 1. The molecular formula is C47H52F2N4O4. The molecule has 0 fully saturated rings. The van der Waals surface area contributed by atoms with Gasteiger partial charge in [0, 0.05) is 35.6 Å². The SMILES string of the molecule is COc1cccc(-c2nc(C)c(CC(C)C)c(=O)n2CCc2ccccc2)c1F.Cc1nc(-c2cccc(O)c2F)n(CCc2ccccc2)c(=O)c1CC(C)C. The van der Waals surface area contributed by atoms with Gasteiger partial charge in [-0.25, -0.2) is 18.7 Å². The van der Waals surface area contributed by atoms with Gasteiger partial charge in [-0.1, -0.05) is 100 Å². The molecule has 6 aromatic rings. The van der Waals surface area contributed by atoms with Gasteiger partial charge < -0.3 is 9.84 Å². The molecular weight excluding hydrogens is 723 g/mol. The van der Waals surface area contributed by atoms with Gasteiger partial charge >= 0.3 is 0 Å². The van der Waals surface area contributed by atoms with E-state index in [1.807, 2.05) is 67.6 Å². The van der Waals surface area contributed by atoms with Crippen molar-refractivity contribution in [3.8, 4) is 34.3 Å². The summed E-state index contributed by atoms with van der Waals surface area (Å²) in [5, 5.41) is 9.78. The molecule has 4 aromatic carbocycles. The topological polar surface area (TPSA) is 99.2 Å². The van der Waals surface area contributed by atoms with Crippen molar-refractivity contribution in [2.24, 2.45) is 11.8 Å². The van der Waals surface area contributed by atoms with Crippen LogP contribution in [0.5, 0.6) is 11.5 Å². The van der Waals surface area contributed by atoms with Gasteiger partial charge in [-0.15, -0.1) is 0 Å². The van der Waals surface area contributed by atoms with Crippen molar-refractivity contribution in [1.29, 1.82) is 0 Å². The number of benzene rings is 4. The Bertz CT molecular complexity index is 2410. The quantitative estimate of drug-likeness (QED) is 0.126. The van der Waals surface area contributed by atoms with Crippen molar-refractivity contribution in [2.45, 2.75) is 80.3 Å². The third-order valence-corrected chi connectivity index (χ3v) is 9.74. The Morgan fingerprint density at radius 2 is 1.04 bits per heavy atom. The third-order valence-electron chi connectivity index (χ3n) is 9.74. The maximum absolute atomic E-state index is 15.0. The molecule has 2 heterocycles. The lowest BCUT2D eigenvalue weighted by molar-refractivity contribution is 0.387. The Morgan fingerprint density at radius 1 is 0.614 bits per heavy atom. The summed E-state index contributed by atoms with van der Waals surface area (Å²) in [4.78, 5) is 35.9. The molecule has 6 rings (SSSR count). The molecule has 0 saturated heterocycles. The Hall–Kier alpha value is -5.90. The molecule has 0 atom stereocenters. The lowest BCUT2D eigenvalue weighted by Gasteiger charge is -2.18. The minimum atomic E-state index is -0.765. The monoisotopic (exact) mass is 774 g/mol. The van der Waals surface area contributed by atoms with Gasteiger partial charge in [0.15, 0.2) is 23.1 Å². The second-order valence-corrected chi connectivity index (χ2v) is 15.0. The number of phenols is 1. The van der Waals surface area contributed by atoms with Crippen molar-refractivity contribution in [3.63, 3.8) is 0 Å². The van der Waals surface area contributed by atoms with E-state index in [2.05, 4.69) is 37.7 Å². The predicted octanol–water partition coefficient (Wildman–Crippen LogP) is 9.31. The highest BCUT2D eigenvalue weighted by Crippen LogP contribution is 2.29. The average molecular weight is 775 g/mol. The molecule has 1 N–H and O–H groups in total. The Labute approximate surface area is 333 Å². The Kier molecular flexibility index (Phi) is 14.3. The largest absolute Gasteiger partial charge is 0.505 e. The fourth-order valence-electron chi connectivity index (χ4n) is 6.82. The first kappa shape index (κ1) is 42.2. The van der Waals surface area contributed by atoms with E-state index < -0.39 is 17.4 Å². The molecule has 0 radical (unpaired) electrons. The maximum Gasteiger partial charge on any atom is 0.257 e. The molecule has 298 valence electrons. The lowest BCUT2D eigenvalue weighted by Crippen LogP contribution is -2.29. The summed E-state index contributed by atoms with van der Waals surface area (Å²) < 4.78 is 37.9. The Balaban J connectivity index is 0.000000218. The van der Waals surface area contributed by atoms with E-state index in [4.69, 9.17) is 4.74 Å². The third kappa shape index (κ3) is 10.3. The van der Waals surface area contributed by atoms with E-state index in [-0.39, 0.29) is 33.8 Å². The number of ether oxygens (including phenoxy) is 1. The molecule has 8 nitrogen and oxygen atoms in total. The van der Waals surface area contributed by atoms with Crippen LogP contribution in [0.15, 0.2) is 107 Å². The average Bonchev–Trinajstić information content (AvgIpc) is 3.19. The second-order valence-electron chi connectivity index (χ2n) is 15.0. The summed E-state index contributed by atoms with van der Waals surface area (Å²) in [5.41, 5.74) is 4.97. The van der Waals surface area contributed by atoms with Gasteiger partial charge in [0.05, 0.1) is 18.2 Å². The highest BCUT2D eigenvalue weighted by molar-refractivity contribution is 5.61. The van der Waals surface area contributed by atoms with Gasteiger partial charge in [-0.05, 0) is 86.8 Å². The van der Waals surface area contributed by atoms with Crippen LogP contribution < -0.4 is 15.9 Å². The number of aromatic nitrogens is 4. The summed E-state index contributed by atoms with van der Waals surface area (Å²) >= 11 is 0. The van der Waals surface area contributed by atoms with Crippen molar-refractivity contribution in [1.82, 2.24) is 19.1 Å². The van der Waals surface area contributed by atoms with Crippen LogP contribution in [0.1, 0.15) is 61.3 Å². The zero-order chi connectivity index (χ0) is 41.2. The molecule has 57 heavy (non-hydrogen) atoms. The molecule has 0 spiro atoms. The highest BCUT2D eigenvalue weighted by atomic mass is 19.1. The Morgan fingerprint density at radius 3 is 1.46 bits per heavy atom. The number of hydrogen-bond acceptors (Lipinski definition) is 6. The van der Waals surface area contributed by atoms with E-state index in [1.54, 1.807) is 35.8 Å². The van der Waals surface area contributed by atoms with E-state index in [1.165, 1.54) is 23.8 Å². The normalized spacial score (nSPS) is 11.1. The van der Waals surface area contributed by atoms with Crippen molar-refractivity contribution < 1.29 is 18.6 Å². The van der Waals surface area contributed by atoms with Gasteiger partial charge in [-0.2, -0.15) is 0 Å². The molecule has 2 aromatic heterocycles. The van der Waals surface area contributed by atoms with Crippen LogP contribution in [0.2, 0.25) is 0 Å². The minimum Gasteiger partial charge on any atom is -0.505 e. The zero-order valence-corrected chi connectivity index (χ0v) is 33.9. The first-order valence-electron chi connectivity index (χ1n) is 19.4. The molecule has 10 heteroatoms. The predicted molar refractivity (Wildman–Crippen MR) is 223 cm³/mol. The van der Waals surface area contributed by atoms with Crippen LogP contribution in [0, 0.1) is 37.3 Å². The van der Waals surface area contributed by atoms with Crippen LogP contribution in [-0.2, 0) is 38.8 Å². The second kappa shape index (κ2) is 19.3. The number of nitrogens with zero attached hydrogens (tertiary/aromatic N) is 4. The molecule has 0 unspecified atom stereocenters. The summed E-state index contributed by atoms with van der Waals surface area (Å²) in [7, 11) is 1.43. The fourth-order valence-corrected chi connectivity index (χ4v) is 6.82. The first-order valence-corrected chi connectivity index (χ1v) is 19.4. The molecule has 0 aliphatic rings. The van der Waals surface area contributed by atoms with Crippen molar-refractivity contribution in [3.05, 3.63) is 163 Å². The van der Waals surface area contributed by atoms with E-state index >= 15 is 0 Å². The van der Waals surface area contributed by atoms with Gasteiger partial charge in [-0.3, -0.25) is 18.7 Å². The van der Waals surface area contributed by atoms with E-state index in [0.29, 0.717) is 78.9 Å². The summed E-state index contributed by atoms with van der Waals surface area (Å²) in [6.07, 6.45) is 2.54. The lowest BCUT2D eigenvalue weighted by atomic mass is 10.0. The van der Waals surface area contributed by atoms with Crippen LogP contribution in [0.3, 0.4) is 0 Å². The van der Waals surface area contributed by atoms with Crippen LogP contribution in [0.25, 0.3) is 22.8 Å². The molecule has 0 amide bonds. The summed E-state index contributed by atoms with van der Waals surface area (Å²) in [6, 6.07) is 29.1. The molecule has 0 aliphatic carbocycles. The van der Waals surface area contributed by atoms with Crippen LogP contribution in [0.4, 0.5) is 8.78 Å². The van der Waals surface area contributed by atoms with Gasteiger partial charge in [0.1, 0.15) is 11.6 Å². The molecule has 0 saturated carbocycles. The van der Waals surface area contributed by atoms with Crippen LogP contribution in [-0.4, -0.2) is 31.3 Å². The number of aryl methyl sites for hydroxylation is 4. The standard InChI is InChI=1S/C24H27FN2O2.C23H25FN2O2/c1-16(2)15-20-17(3)26-23(19-11-8-12-21(29-4)22(19)25)27(24(20)28)14-13-18-9-6-5-7-10-18;1-15(2)14-19-16(3)25-22(18-10-7-11-20(27)21(18)24)26(23(19)28)13-12-17-8-5-4-6-9-17/h5-12,16H,13-15H2,1-4H3;4-11,15,27H,12-14H2,1-3H3. The summed E-state index contributed by atoms with van der Waals surface area (Å²) in [6.45, 7) is 12.7. The number of halogens is 2. The number of methoxy groups -OCH3 is 1. The van der Waals surface area contributed by atoms with Crippen molar-refractivity contribution in [2.75, 3.05) is 7.11 Å². The minimum absolute atomic E-state index is 0.0978. The smallest absolute Gasteiger partial charge is 0.257 e. The fraction of sp³-hybridized carbons (Fsp3) is 0.319. The maximum atomic E-state index is 15.0. The zero-order valence-electron chi connectivity index (χ0n) is 33.9. The van der Waals surface area contributed by atoms with Gasteiger partial charge in [0.25, 0.3) is 11.1 Å². The molecule has 0 bridgehead atoms. The molecule has 0 aliphatic heterocycles. The van der Waals surface area contributed by atoms with E-state index in [0.717, 1.165) is 11.1 Å². The van der Waals surface area contributed by atoms with E-state index in [9.17, 15) is 23.5 Å². The summed E-state index contributed by atoms with van der Waals surface area (Å²) in [5.74, 6) is -0.373. The number of phenolic OH excluding ortho intramolecular Hbond substituents is 1.